The van der Waals surface area contributed by atoms with Crippen LogP contribution in [-0.2, 0) is 11.3 Å². The predicted octanol–water partition coefficient (Wildman–Crippen LogP) is 1.52. The SMILES string of the molecule is O=c1c2nnn(Cc3nc(-c4cccc5ccccc45)no3)c2nc(-c2ccccc2)n1[C@@H]1OC[C@@H](O)[C@H](O)[C@H]1O. The summed E-state index contributed by atoms with van der Waals surface area (Å²) in [6.07, 6.45) is -5.75. The second-order valence-electron chi connectivity index (χ2n) is 9.71. The molecule has 4 atom stereocenters. The zero-order valence-electron chi connectivity index (χ0n) is 21.3. The molecule has 13 heteroatoms. The summed E-state index contributed by atoms with van der Waals surface area (Å²) in [6, 6.07) is 22.6. The number of benzene rings is 3. The lowest BCUT2D eigenvalue weighted by Crippen LogP contribution is -2.52. The Morgan fingerprint density at radius 1 is 0.902 bits per heavy atom. The summed E-state index contributed by atoms with van der Waals surface area (Å²) in [7, 11) is 0. The minimum atomic E-state index is -1.60. The molecule has 3 aromatic heterocycles. The average molecular weight is 554 g/mol. The molecule has 0 aliphatic carbocycles. The van der Waals surface area contributed by atoms with E-state index in [1.54, 1.807) is 24.3 Å². The maximum atomic E-state index is 13.8. The Bertz CT molecular complexity index is 1930. The van der Waals surface area contributed by atoms with Gasteiger partial charge in [0, 0.05) is 11.1 Å². The smallest absolute Gasteiger partial charge is 0.286 e. The van der Waals surface area contributed by atoms with Crippen LogP contribution in [0.2, 0.25) is 0 Å². The monoisotopic (exact) mass is 553 g/mol. The van der Waals surface area contributed by atoms with E-state index in [1.165, 1.54) is 4.68 Å². The fourth-order valence-corrected chi connectivity index (χ4v) is 5.05. The number of nitrogens with zero attached hydrogens (tertiary/aromatic N) is 7. The summed E-state index contributed by atoms with van der Waals surface area (Å²) in [5.41, 5.74) is 0.782. The topological polar surface area (TPSA) is 174 Å². The van der Waals surface area contributed by atoms with Gasteiger partial charge in [0.2, 0.25) is 11.7 Å². The molecular formula is C28H23N7O6. The van der Waals surface area contributed by atoms with Crippen LogP contribution in [0.1, 0.15) is 12.1 Å². The quantitative estimate of drug-likeness (QED) is 0.282. The highest BCUT2D eigenvalue weighted by Crippen LogP contribution is 2.29. The first-order valence-electron chi connectivity index (χ1n) is 12.9. The number of rotatable bonds is 5. The second kappa shape index (κ2) is 9.98. The molecular weight excluding hydrogens is 530 g/mol. The first-order valence-corrected chi connectivity index (χ1v) is 12.9. The molecule has 1 saturated heterocycles. The minimum Gasteiger partial charge on any atom is -0.388 e. The van der Waals surface area contributed by atoms with Gasteiger partial charge in [0.25, 0.3) is 5.56 Å². The number of hydrogen-bond acceptors (Lipinski definition) is 11. The highest BCUT2D eigenvalue weighted by Gasteiger charge is 2.40. The summed E-state index contributed by atoms with van der Waals surface area (Å²) in [6.45, 7) is -0.295. The summed E-state index contributed by atoms with van der Waals surface area (Å²) in [4.78, 5) is 23.0. The molecule has 0 unspecified atom stereocenters. The van der Waals surface area contributed by atoms with E-state index in [4.69, 9.17) is 14.2 Å². The van der Waals surface area contributed by atoms with Gasteiger partial charge in [-0.15, -0.1) is 5.10 Å². The molecule has 1 aliphatic heterocycles. The third-order valence-electron chi connectivity index (χ3n) is 7.11. The van der Waals surface area contributed by atoms with Crippen molar-refractivity contribution in [2.24, 2.45) is 0 Å². The third kappa shape index (κ3) is 4.28. The Balaban J connectivity index is 1.31. The lowest BCUT2D eigenvalue weighted by Gasteiger charge is -2.36. The first-order chi connectivity index (χ1) is 20.0. The van der Waals surface area contributed by atoms with Crippen LogP contribution in [0.3, 0.4) is 0 Å². The van der Waals surface area contributed by atoms with Gasteiger partial charge < -0.3 is 24.6 Å². The van der Waals surface area contributed by atoms with E-state index >= 15 is 0 Å². The number of aliphatic hydroxyl groups is 3. The molecule has 0 radical (unpaired) electrons. The zero-order valence-corrected chi connectivity index (χ0v) is 21.3. The molecule has 206 valence electrons. The predicted molar refractivity (Wildman–Crippen MR) is 144 cm³/mol. The third-order valence-corrected chi connectivity index (χ3v) is 7.11. The molecule has 1 fully saturated rings. The van der Waals surface area contributed by atoms with E-state index in [0.29, 0.717) is 11.4 Å². The van der Waals surface area contributed by atoms with Crippen molar-refractivity contribution in [2.45, 2.75) is 31.1 Å². The van der Waals surface area contributed by atoms with Crippen molar-refractivity contribution in [3.8, 4) is 22.8 Å². The highest BCUT2D eigenvalue weighted by molar-refractivity contribution is 5.94. The van der Waals surface area contributed by atoms with Crippen molar-refractivity contribution >= 4 is 21.9 Å². The number of fused-ring (bicyclic) bond motifs is 2. The molecule has 3 N–H and O–H groups in total. The lowest BCUT2D eigenvalue weighted by molar-refractivity contribution is -0.211. The largest absolute Gasteiger partial charge is 0.388 e. The Morgan fingerprint density at radius 3 is 2.54 bits per heavy atom. The van der Waals surface area contributed by atoms with Crippen LogP contribution >= 0.6 is 0 Å². The lowest BCUT2D eigenvalue weighted by atomic mass is 10.0. The molecule has 13 nitrogen and oxygen atoms in total. The Morgan fingerprint density at radius 2 is 1.68 bits per heavy atom. The summed E-state index contributed by atoms with van der Waals surface area (Å²) >= 11 is 0. The molecule has 4 heterocycles. The average Bonchev–Trinajstić information content (AvgIpc) is 3.64. The van der Waals surface area contributed by atoms with Crippen molar-refractivity contribution in [1.29, 1.82) is 0 Å². The molecule has 0 amide bonds. The van der Waals surface area contributed by atoms with E-state index in [2.05, 4.69) is 20.5 Å². The molecule has 0 spiro atoms. The van der Waals surface area contributed by atoms with Crippen LogP contribution in [0.25, 0.3) is 44.7 Å². The molecule has 7 rings (SSSR count). The van der Waals surface area contributed by atoms with Crippen LogP contribution < -0.4 is 5.56 Å². The first kappa shape index (κ1) is 25.2. The van der Waals surface area contributed by atoms with Crippen LogP contribution in [0.15, 0.2) is 82.1 Å². The van der Waals surface area contributed by atoms with Crippen molar-refractivity contribution < 1.29 is 24.6 Å². The molecule has 41 heavy (non-hydrogen) atoms. The number of aliphatic hydroxyl groups excluding tert-OH is 3. The van der Waals surface area contributed by atoms with Gasteiger partial charge in [-0.25, -0.2) is 9.67 Å². The summed E-state index contributed by atoms with van der Waals surface area (Å²) in [5.74, 6) is 0.794. The van der Waals surface area contributed by atoms with Gasteiger partial charge in [0.1, 0.15) is 30.7 Å². The van der Waals surface area contributed by atoms with Crippen molar-refractivity contribution in [2.75, 3.05) is 6.61 Å². The molecule has 3 aromatic carbocycles. The van der Waals surface area contributed by atoms with Crippen LogP contribution in [-0.4, -0.2) is 74.9 Å². The van der Waals surface area contributed by atoms with Gasteiger partial charge in [0.15, 0.2) is 17.4 Å². The molecule has 6 aromatic rings. The van der Waals surface area contributed by atoms with E-state index < -0.39 is 30.1 Å². The number of hydrogen-bond donors (Lipinski definition) is 3. The Kier molecular flexibility index (Phi) is 6.12. The molecule has 0 bridgehead atoms. The molecule has 1 aliphatic rings. The summed E-state index contributed by atoms with van der Waals surface area (Å²) in [5, 5.41) is 45.3. The maximum absolute atomic E-state index is 13.8. The summed E-state index contributed by atoms with van der Waals surface area (Å²) < 4.78 is 13.6. The maximum Gasteiger partial charge on any atom is 0.286 e. The highest BCUT2D eigenvalue weighted by atomic mass is 16.5. The van der Waals surface area contributed by atoms with Crippen LogP contribution in [0.5, 0.6) is 0 Å². The standard InChI is InChI=1S/C28H23N7O6/c36-19-14-40-28(23(38)22(19)37)35-25(16-8-2-1-3-9-16)30-26-21(27(35)39)31-33-34(26)13-20-29-24(32-41-20)18-12-6-10-15-7-4-5-11-17(15)18/h1-12,19,22-23,28,36-38H,13-14H2/t19-,22+,23-,28-/m1/s1. The van der Waals surface area contributed by atoms with E-state index in [-0.39, 0.29) is 36.0 Å². The van der Waals surface area contributed by atoms with E-state index in [0.717, 1.165) is 20.9 Å². The molecule has 0 saturated carbocycles. The van der Waals surface area contributed by atoms with E-state index in [1.807, 2.05) is 48.5 Å². The van der Waals surface area contributed by atoms with Gasteiger partial charge in [0.05, 0.1) is 6.61 Å². The fourth-order valence-electron chi connectivity index (χ4n) is 5.05. The Hall–Kier alpha value is -4.82. The number of aromatic nitrogens is 7. The second-order valence-corrected chi connectivity index (χ2v) is 9.71. The van der Waals surface area contributed by atoms with Crippen molar-refractivity contribution in [3.63, 3.8) is 0 Å². The zero-order chi connectivity index (χ0) is 28.1. The van der Waals surface area contributed by atoms with Crippen LogP contribution in [0, 0.1) is 0 Å². The fraction of sp³-hybridized carbons (Fsp3) is 0.214. The van der Waals surface area contributed by atoms with Crippen molar-refractivity contribution in [3.05, 3.63) is 89.0 Å². The Labute approximate surface area is 230 Å². The van der Waals surface area contributed by atoms with Gasteiger partial charge in [-0.05, 0) is 10.8 Å². The van der Waals surface area contributed by atoms with Gasteiger partial charge >= 0.3 is 0 Å². The normalized spacial score (nSPS) is 21.0. The van der Waals surface area contributed by atoms with Gasteiger partial charge in [-0.2, -0.15) is 4.98 Å². The van der Waals surface area contributed by atoms with Gasteiger partial charge in [-0.3, -0.25) is 9.36 Å². The van der Waals surface area contributed by atoms with Crippen molar-refractivity contribution in [1.82, 2.24) is 34.7 Å². The van der Waals surface area contributed by atoms with E-state index in [9.17, 15) is 20.1 Å². The van der Waals surface area contributed by atoms with Gasteiger partial charge in [-0.1, -0.05) is 83.2 Å². The number of ether oxygens (including phenoxy) is 1. The minimum absolute atomic E-state index is 0.00753. The van der Waals surface area contributed by atoms with Crippen LogP contribution in [0.4, 0.5) is 0 Å².